The molecular weight excluding hydrogens is 378 g/mol. The maximum atomic E-state index is 13.5. The normalized spacial score (nSPS) is 18.1. The zero-order chi connectivity index (χ0) is 20.5. The lowest BCUT2D eigenvalue weighted by molar-refractivity contribution is 0.123. The predicted octanol–water partition coefficient (Wildman–Crippen LogP) is 2.95. The van der Waals surface area contributed by atoms with Crippen molar-refractivity contribution in [2.45, 2.75) is 51.5 Å². The number of hydrogen-bond donors (Lipinski definition) is 0. The van der Waals surface area contributed by atoms with Crippen molar-refractivity contribution in [3.8, 4) is 11.9 Å². The molecule has 152 valence electrons. The predicted molar refractivity (Wildman–Crippen MR) is 106 cm³/mol. The molecule has 7 nitrogen and oxygen atoms in total. The molecule has 0 saturated carbocycles. The fourth-order valence-electron chi connectivity index (χ4n) is 3.58. The van der Waals surface area contributed by atoms with E-state index in [1.165, 1.54) is 11.4 Å². The van der Waals surface area contributed by atoms with E-state index in [2.05, 4.69) is 9.97 Å². The molecule has 0 radical (unpaired) electrons. The molecule has 28 heavy (non-hydrogen) atoms. The number of sulfonamides is 1. The first kappa shape index (κ1) is 20.5. The summed E-state index contributed by atoms with van der Waals surface area (Å²) in [5.74, 6) is 0.384. The average Bonchev–Trinajstić information content (AvgIpc) is 2.67. The summed E-state index contributed by atoms with van der Waals surface area (Å²) >= 11 is 0. The highest BCUT2D eigenvalue weighted by molar-refractivity contribution is 7.89. The van der Waals surface area contributed by atoms with Gasteiger partial charge in [-0.3, -0.25) is 0 Å². The summed E-state index contributed by atoms with van der Waals surface area (Å²) in [6.07, 6.45) is 2.79. The van der Waals surface area contributed by atoms with E-state index in [1.54, 1.807) is 12.3 Å². The first-order valence-corrected chi connectivity index (χ1v) is 10.8. The van der Waals surface area contributed by atoms with E-state index in [1.807, 2.05) is 33.8 Å². The molecule has 1 saturated heterocycles. The number of aryl methyl sites for hydroxylation is 2. The molecule has 1 aliphatic rings. The van der Waals surface area contributed by atoms with Gasteiger partial charge >= 0.3 is 6.01 Å². The first-order chi connectivity index (χ1) is 13.2. The molecule has 1 aliphatic heterocycles. The van der Waals surface area contributed by atoms with Crippen LogP contribution in [0.3, 0.4) is 0 Å². The summed E-state index contributed by atoms with van der Waals surface area (Å²) in [5.41, 5.74) is 3.59. The molecule has 0 amide bonds. The van der Waals surface area contributed by atoms with Gasteiger partial charge in [0.2, 0.25) is 15.9 Å². The maximum absolute atomic E-state index is 13.5. The van der Waals surface area contributed by atoms with Crippen molar-refractivity contribution in [1.82, 2.24) is 14.3 Å². The summed E-state index contributed by atoms with van der Waals surface area (Å²) < 4.78 is 39.4. The van der Waals surface area contributed by atoms with Crippen molar-refractivity contribution in [3.63, 3.8) is 0 Å². The minimum atomic E-state index is -3.61. The third kappa shape index (κ3) is 3.98. The van der Waals surface area contributed by atoms with Crippen molar-refractivity contribution >= 4 is 10.0 Å². The van der Waals surface area contributed by atoms with E-state index in [0.29, 0.717) is 23.9 Å². The van der Waals surface area contributed by atoms with E-state index in [0.717, 1.165) is 35.1 Å². The summed E-state index contributed by atoms with van der Waals surface area (Å²) in [6, 6.07) is 3.90. The van der Waals surface area contributed by atoms with E-state index < -0.39 is 10.0 Å². The van der Waals surface area contributed by atoms with Gasteiger partial charge in [0.1, 0.15) is 6.10 Å². The number of methoxy groups -OCH3 is 1. The number of hydrogen-bond acceptors (Lipinski definition) is 6. The van der Waals surface area contributed by atoms with Crippen molar-refractivity contribution in [2.24, 2.45) is 0 Å². The van der Waals surface area contributed by atoms with E-state index in [-0.39, 0.29) is 12.1 Å². The molecule has 2 heterocycles. The second-order valence-electron chi connectivity index (χ2n) is 7.22. The highest BCUT2D eigenvalue weighted by atomic mass is 32.2. The Morgan fingerprint density at radius 1 is 1.14 bits per heavy atom. The van der Waals surface area contributed by atoms with Gasteiger partial charge in [-0.25, -0.2) is 13.4 Å². The Balaban J connectivity index is 1.86. The van der Waals surface area contributed by atoms with Gasteiger partial charge in [0.15, 0.2) is 0 Å². The highest BCUT2D eigenvalue weighted by Gasteiger charge is 2.34. The minimum absolute atomic E-state index is 0.222. The lowest BCUT2D eigenvalue weighted by Crippen LogP contribution is -2.44. The second kappa shape index (κ2) is 8.05. The van der Waals surface area contributed by atoms with Crippen LogP contribution in [0.2, 0.25) is 0 Å². The largest absolute Gasteiger partial charge is 0.473 e. The minimum Gasteiger partial charge on any atom is -0.473 e. The molecule has 0 N–H and O–H groups in total. The topological polar surface area (TPSA) is 81.6 Å². The van der Waals surface area contributed by atoms with Gasteiger partial charge in [-0.2, -0.15) is 9.29 Å². The number of nitrogens with zero attached hydrogens (tertiary/aromatic N) is 3. The molecule has 1 aromatic heterocycles. The van der Waals surface area contributed by atoms with Crippen LogP contribution in [0, 0.1) is 27.7 Å². The van der Waals surface area contributed by atoms with E-state index in [9.17, 15) is 8.42 Å². The SMILES string of the molecule is COc1nccc(OC2CCCN(S(=O)(=O)c3c(C)c(C)cc(C)c3C)C2)n1. The zero-order valence-electron chi connectivity index (χ0n) is 17.0. The third-order valence-electron chi connectivity index (χ3n) is 5.31. The molecule has 2 aromatic rings. The van der Waals surface area contributed by atoms with Crippen LogP contribution in [0.25, 0.3) is 0 Å². The Morgan fingerprint density at radius 2 is 1.82 bits per heavy atom. The smallest absolute Gasteiger partial charge is 0.319 e. The van der Waals surface area contributed by atoms with E-state index >= 15 is 0 Å². The van der Waals surface area contributed by atoms with Gasteiger partial charge in [0.05, 0.1) is 18.6 Å². The fourth-order valence-corrected chi connectivity index (χ4v) is 5.66. The van der Waals surface area contributed by atoms with Crippen LogP contribution >= 0.6 is 0 Å². The molecule has 0 aliphatic carbocycles. The Hall–Kier alpha value is -2.19. The second-order valence-corrected chi connectivity index (χ2v) is 9.09. The number of benzene rings is 1. The van der Waals surface area contributed by atoms with Gasteiger partial charge in [0, 0.05) is 18.8 Å². The fraction of sp³-hybridized carbons (Fsp3) is 0.500. The number of rotatable bonds is 5. The average molecular weight is 406 g/mol. The molecular formula is C20H27N3O4S. The van der Waals surface area contributed by atoms with Crippen LogP contribution < -0.4 is 9.47 Å². The van der Waals surface area contributed by atoms with Crippen LogP contribution in [0.4, 0.5) is 0 Å². The highest BCUT2D eigenvalue weighted by Crippen LogP contribution is 2.30. The van der Waals surface area contributed by atoms with Crippen LogP contribution in [0.1, 0.15) is 35.1 Å². The van der Waals surface area contributed by atoms with Crippen molar-refractivity contribution in [2.75, 3.05) is 20.2 Å². The van der Waals surface area contributed by atoms with Crippen molar-refractivity contribution in [3.05, 3.63) is 40.6 Å². The van der Waals surface area contributed by atoms with Gasteiger partial charge in [0.25, 0.3) is 0 Å². The molecule has 1 unspecified atom stereocenters. The van der Waals surface area contributed by atoms with Crippen LogP contribution in [-0.4, -0.2) is 49.0 Å². The summed E-state index contributed by atoms with van der Waals surface area (Å²) in [4.78, 5) is 8.55. The summed E-state index contributed by atoms with van der Waals surface area (Å²) in [6.45, 7) is 8.43. The molecule has 3 rings (SSSR count). The molecule has 1 fully saturated rings. The monoisotopic (exact) mass is 405 g/mol. The Bertz CT molecular complexity index is 949. The lowest BCUT2D eigenvalue weighted by Gasteiger charge is -2.33. The number of piperidine rings is 1. The van der Waals surface area contributed by atoms with Crippen molar-refractivity contribution in [1.29, 1.82) is 0 Å². The standard InChI is InChI=1S/C20H27N3O4S/c1-13-11-14(2)16(4)19(15(13)3)28(24,25)23-10-6-7-17(12-23)27-18-8-9-21-20(22-18)26-5/h8-9,11,17H,6-7,10,12H2,1-5H3. The molecule has 0 bridgehead atoms. The van der Waals surface area contributed by atoms with Crippen molar-refractivity contribution < 1.29 is 17.9 Å². The number of aromatic nitrogens is 2. The van der Waals surface area contributed by atoms with Gasteiger partial charge in [-0.1, -0.05) is 6.07 Å². The molecule has 0 spiro atoms. The maximum Gasteiger partial charge on any atom is 0.319 e. The van der Waals surface area contributed by atoms with Crippen LogP contribution in [0.15, 0.2) is 23.2 Å². The Kier molecular flexibility index (Phi) is 5.90. The van der Waals surface area contributed by atoms with Gasteiger partial charge in [-0.05, 0) is 62.8 Å². The first-order valence-electron chi connectivity index (χ1n) is 9.35. The van der Waals surface area contributed by atoms with Gasteiger partial charge < -0.3 is 9.47 Å². The van der Waals surface area contributed by atoms with E-state index in [4.69, 9.17) is 9.47 Å². The third-order valence-corrected chi connectivity index (χ3v) is 7.45. The van der Waals surface area contributed by atoms with Crippen LogP contribution in [-0.2, 0) is 10.0 Å². The van der Waals surface area contributed by atoms with Gasteiger partial charge in [-0.15, -0.1) is 0 Å². The quantitative estimate of drug-likeness (QED) is 0.761. The molecule has 8 heteroatoms. The summed E-state index contributed by atoms with van der Waals surface area (Å²) in [7, 11) is -2.12. The molecule has 1 aromatic carbocycles. The summed E-state index contributed by atoms with van der Waals surface area (Å²) in [5, 5.41) is 0. The Labute approximate surface area is 166 Å². The number of ether oxygens (including phenoxy) is 2. The Morgan fingerprint density at radius 3 is 2.46 bits per heavy atom. The van der Waals surface area contributed by atoms with Crippen LogP contribution in [0.5, 0.6) is 11.9 Å². The zero-order valence-corrected chi connectivity index (χ0v) is 17.8. The molecule has 1 atom stereocenters. The lowest BCUT2D eigenvalue weighted by atomic mass is 10.0.